The molecule has 2 aromatic carbocycles. The van der Waals surface area contributed by atoms with Crippen molar-refractivity contribution >= 4 is 5.97 Å². The van der Waals surface area contributed by atoms with Crippen LogP contribution in [0.1, 0.15) is 59.3 Å². The number of pyridine rings is 1. The Kier molecular flexibility index (Phi) is 7.25. The van der Waals surface area contributed by atoms with Gasteiger partial charge in [0.05, 0.1) is 17.8 Å². The third kappa shape index (κ3) is 5.71. The average molecular weight is 441 g/mol. The van der Waals surface area contributed by atoms with Crippen molar-refractivity contribution in [2.45, 2.75) is 45.6 Å². The Balaban J connectivity index is 1.55. The molecule has 0 bridgehead atoms. The molecule has 0 fully saturated rings. The van der Waals surface area contributed by atoms with Gasteiger partial charge in [0.1, 0.15) is 5.82 Å². The van der Waals surface area contributed by atoms with Gasteiger partial charge in [0, 0.05) is 24.6 Å². The summed E-state index contributed by atoms with van der Waals surface area (Å²) in [5.74, 6) is 0.865. The number of hydrogen-bond donors (Lipinski definition) is 1. The first kappa shape index (κ1) is 22.4. The van der Waals surface area contributed by atoms with Gasteiger partial charge in [-0.25, -0.2) is 14.5 Å². The second-order valence-electron chi connectivity index (χ2n) is 8.12. The summed E-state index contributed by atoms with van der Waals surface area (Å²) in [4.78, 5) is 20.9. The van der Waals surface area contributed by atoms with Crippen molar-refractivity contribution in [3.05, 3.63) is 101 Å². The zero-order valence-corrected chi connectivity index (χ0v) is 18.8. The van der Waals surface area contributed by atoms with Gasteiger partial charge < -0.3 is 5.11 Å². The number of aromatic carboxylic acids is 1. The van der Waals surface area contributed by atoms with E-state index in [1.54, 1.807) is 24.4 Å². The van der Waals surface area contributed by atoms with Gasteiger partial charge in [-0.1, -0.05) is 74.4 Å². The maximum atomic E-state index is 11.5. The molecule has 6 nitrogen and oxygen atoms in total. The summed E-state index contributed by atoms with van der Waals surface area (Å²) in [5, 5.41) is 14.3. The molecular formula is C27H28N4O2. The first-order valence-electron chi connectivity index (χ1n) is 11.4. The highest BCUT2D eigenvalue weighted by atomic mass is 16.4. The van der Waals surface area contributed by atoms with E-state index in [1.165, 1.54) is 12.0 Å². The molecule has 0 unspecified atom stereocenters. The van der Waals surface area contributed by atoms with E-state index in [0.29, 0.717) is 24.2 Å². The summed E-state index contributed by atoms with van der Waals surface area (Å²) < 4.78 is 1.98. The van der Waals surface area contributed by atoms with Gasteiger partial charge in [0.2, 0.25) is 0 Å². The Morgan fingerprint density at radius 1 is 0.939 bits per heavy atom. The van der Waals surface area contributed by atoms with Crippen molar-refractivity contribution < 1.29 is 9.90 Å². The molecule has 0 spiro atoms. The van der Waals surface area contributed by atoms with Crippen LogP contribution < -0.4 is 0 Å². The van der Waals surface area contributed by atoms with E-state index in [-0.39, 0.29) is 5.56 Å². The van der Waals surface area contributed by atoms with Crippen molar-refractivity contribution in [3.8, 4) is 11.3 Å². The fourth-order valence-electron chi connectivity index (χ4n) is 3.87. The molecule has 0 aliphatic heterocycles. The molecule has 2 heterocycles. The summed E-state index contributed by atoms with van der Waals surface area (Å²) >= 11 is 0. The lowest BCUT2D eigenvalue weighted by atomic mass is 10.0. The monoisotopic (exact) mass is 440 g/mol. The van der Waals surface area contributed by atoms with E-state index in [0.717, 1.165) is 36.5 Å². The first-order chi connectivity index (χ1) is 16.1. The third-order valence-electron chi connectivity index (χ3n) is 5.59. The fourth-order valence-corrected chi connectivity index (χ4v) is 3.87. The molecule has 6 heteroatoms. The second kappa shape index (κ2) is 10.7. The smallest absolute Gasteiger partial charge is 0.336 e. The predicted octanol–water partition coefficient (Wildman–Crippen LogP) is 5.41. The van der Waals surface area contributed by atoms with Crippen molar-refractivity contribution in [2.24, 2.45) is 0 Å². The minimum atomic E-state index is -0.957. The molecule has 0 saturated carbocycles. The zero-order chi connectivity index (χ0) is 23.0. The number of hydrogen-bond acceptors (Lipinski definition) is 4. The number of benzene rings is 2. The number of carbonyl (C=O) groups is 1. The quantitative estimate of drug-likeness (QED) is 0.334. The Morgan fingerprint density at radius 3 is 2.45 bits per heavy atom. The SMILES string of the molecule is CCCCCc1nc(Cc2ccccc2)nn1Cc1ccc(-c2ccccc2C(=O)O)nc1. The van der Waals surface area contributed by atoms with Crippen LogP contribution in [0.25, 0.3) is 11.3 Å². The van der Waals surface area contributed by atoms with Crippen molar-refractivity contribution in [3.63, 3.8) is 0 Å². The van der Waals surface area contributed by atoms with Gasteiger partial charge in [-0.15, -0.1) is 0 Å². The van der Waals surface area contributed by atoms with Crippen LogP contribution in [0.3, 0.4) is 0 Å². The normalized spacial score (nSPS) is 10.9. The van der Waals surface area contributed by atoms with Gasteiger partial charge in [-0.2, -0.15) is 5.10 Å². The number of carboxylic acids is 1. The minimum absolute atomic E-state index is 0.248. The van der Waals surface area contributed by atoms with Gasteiger partial charge in [-0.05, 0) is 29.7 Å². The molecule has 4 aromatic rings. The molecule has 0 aliphatic carbocycles. The number of carboxylic acid groups (broad SMARTS) is 1. The Labute approximate surface area is 194 Å². The molecule has 33 heavy (non-hydrogen) atoms. The molecular weight excluding hydrogens is 412 g/mol. The molecule has 0 atom stereocenters. The van der Waals surface area contributed by atoms with Crippen LogP contribution in [0.2, 0.25) is 0 Å². The maximum Gasteiger partial charge on any atom is 0.336 e. The number of unbranched alkanes of at least 4 members (excludes halogenated alkanes) is 2. The average Bonchev–Trinajstić information content (AvgIpc) is 3.21. The number of aryl methyl sites for hydroxylation is 1. The van der Waals surface area contributed by atoms with E-state index < -0.39 is 5.97 Å². The van der Waals surface area contributed by atoms with E-state index in [9.17, 15) is 9.90 Å². The van der Waals surface area contributed by atoms with Crippen LogP contribution in [0.15, 0.2) is 72.9 Å². The van der Waals surface area contributed by atoms with Crippen LogP contribution in [0.5, 0.6) is 0 Å². The number of nitrogens with zero attached hydrogens (tertiary/aromatic N) is 4. The number of aromatic nitrogens is 4. The van der Waals surface area contributed by atoms with Crippen LogP contribution >= 0.6 is 0 Å². The van der Waals surface area contributed by atoms with Gasteiger partial charge in [-0.3, -0.25) is 4.98 Å². The Hall–Kier alpha value is -3.80. The lowest BCUT2D eigenvalue weighted by molar-refractivity contribution is 0.0697. The summed E-state index contributed by atoms with van der Waals surface area (Å²) in [7, 11) is 0. The van der Waals surface area contributed by atoms with Gasteiger partial charge in [0.25, 0.3) is 0 Å². The van der Waals surface area contributed by atoms with Crippen LogP contribution in [-0.4, -0.2) is 30.8 Å². The first-order valence-corrected chi connectivity index (χ1v) is 11.4. The van der Waals surface area contributed by atoms with E-state index in [2.05, 4.69) is 24.0 Å². The molecule has 0 amide bonds. The van der Waals surface area contributed by atoms with Crippen molar-refractivity contribution in [1.82, 2.24) is 19.7 Å². The summed E-state index contributed by atoms with van der Waals surface area (Å²) in [5.41, 5.74) is 3.70. The Morgan fingerprint density at radius 2 is 1.73 bits per heavy atom. The van der Waals surface area contributed by atoms with Crippen molar-refractivity contribution in [2.75, 3.05) is 0 Å². The third-order valence-corrected chi connectivity index (χ3v) is 5.59. The molecule has 0 aliphatic rings. The zero-order valence-electron chi connectivity index (χ0n) is 18.8. The highest BCUT2D eigenvalue weighted by Gasteiger charge is 2.14. The lowest BCUT2D eigenvalue weighted by Gasteiger charge is -2.08. The summed E-state index contributed by atoms with van der Waals surface area (Å²) in [6.45, 7) is 2.78. The minimum Gasteiger partial charge on any atom is -0.478 e. The fraction of sp³-hybridized carbons (Fsp3) is 0.259. The van der Waals surface area contributed by atoms with E-state index >= 15 is 0 Å². The topological polar surface area (TPSA) is 80.9 Å². The van der Waals surface area contributed by atoms with Crippen LogP contribution in [-0.2, 0) is 19.4 Å². The highest BCUT2D eigenvalue weighted by molar-refractivity contribution is 5.95. The predicted molar refractivity (Wildman–Crippen MR) is 128 cm³/mol. The molecule has 0 radical (unpaired) electrons. The maximum absolute atomic E-state index is 11.5. The van der Waals surface area contributed by atoms with Gasteiger partial charge in [0.15, 0.2) is 5.82 Å². The summed E-state index contributed by atoms with van der Waals surface area (Å²) in [6, 6.07) is 21.0. The lowest BCUT2D eigenvalue weighted by Crippen LogP contribution is -2.08. The van der Waals surface area contributed by atoms with E-state index in [4.69, 9.17) is 10.1 Å². The van der Waals surface area contributed by atoms with Crippen LogP contribution in [0, 0.1) is 0 Å². The Bertz CT molecular complexity index is 1200. The van der Waals surface area contributed by atoms with E-state index in [1.807, 2.05) is 41.1 Å². The number of rotatable bonds is 10. The standard InChI is InChI=1S/C27H28N4O2/c1-2-3-5-14-26-29-25(17-20-10-6-4-7-11-20)30-31(26)19-21-15-16-24(28-18-21)22-12-8-9-13-23(22)27(32)33/h4,6-13,15-16,18H,2-3,5,14,17,19H2,1H3,(H,32,33). The molecule has 4 rings (SSSR count). The van der Waals surface area contributed by atoms with Crippen molar-refractivity contribution in [1.29, 1.82) is 0 Å². The molecule has 1 N–H and O–H groups in total. The molecule has 0 saturated heterocycles. The summed E-state index contributed by atoms with van der Waals surface area (Å²) in [6.07, 6.45) is 6.81. The molecule has 2 aromatic heterocycles. The largest absolute Gasteiger partial charge is 0.478 e. The second-order valence-corrected chi connectivity index (χ2v) is 8.12. The van der Waals surface area contributed by atoms with Crippen LogP contribution in [0.4, 0.5) is 0 Å². The molecule has 168 valence electrons. The highest BCUT2D eigenvalue weighted by Crippen LogP contribution is 2.22. The van der Waals surface area contributed by atoms with Gasteiger partial charge >= 0.3 is 5.97 Å².